The smallest absolute Gasteiger partial charge is 0.310 e. The molecule has 0 aliphatic carbocycles. The van der Waals surface area contributed by atoms with E-state index in [4.69, 9.17) is 4.74 Å². The summed E-state index contributed by atoms with van der Waals surface area (Å²) in [5.41, 5.74) is 0.941. The molecule has 0 aromatic heterocycles. The van der Waals surface area contributed by atoms with Gasteiger partial charge in [-0.2, -0.15) is 0 Å². The lowest BCUT2D eigenvalue weighted by Crippen LogP contribution is -2.36. The first-order valence-electron chi connectivity index (χ1n) is 7.78. The number of nitrogens with one attached hydrogen (secondary N) is 1. The first-order valence-corrected chi connectivity index (χ1v) is 7.78. The molecule has 1 rings (SSSR count). The largest absolute Gasteiger partial charge is 0.460 e. The molecule has 0 saturated carbocycles. The Bertz CT molecular complexity index is 423. The lowest BCUT2D eigenvalue weighted by atomic mass is 10.1. The van der Waals surface area contributed by atoms with Gasteiger partial charge in [-0.15, -0.1) is 0 Å². The number of carbonyl (C=O) groups excluding carboxylic acids is 1. The highest BCUT2D eigenvalue weighted by atomic mass is 16.6. The summed E-state index contributed by atoms with van der Waals surface area (Å²) in [5.74, 6) is -0.256. The van der Waals surface area contributed by atoms with E-state index in [2.05, 4.69) is 36.5 Å². The summed E-state index contributed by atoms with van der Waals surface area (Å²) in [6.07, 6.45) is 2.11. The highest BCUT2D eigenvalue weighted by Crippen LogP contribution is 2.11. The standard InChI is InChI=1S/C18H29NO2/c1-14(17(20)21-18(3,4)5)13-19-15(2)11-12-16-9-7-6-8-10-16/h6-10,14-15,19H,11-13H2,1-5H3. The van der Waals surface area contributed by atoms with Gasteiger partial charge in [0, 0.05) is 12.6 Å². The number of aryl methyl sites for hydroxylation is 1. The zero-order valence-corrected chi connectivity index (χ0v) is 14.0. The summed E-state index contributed by atoms with van der Waals surface area (Å²) >= 11 is 0. The second kappa shape index (κ2) is 8.18. The van der Waals surface area contributed by atoms with Crippen molar-refractivity contribution in [2.75, 3.05) is 6.54 Å². The summed E-state index contributed by atoms with van der Waals surface area (Å²) in [5, 5.41) is 3.42. The predicted octanol–water partition coefficient (Wildman–Crippen LogP) is 3.58. The van der Waals surface area contributed by atoms with Crippen LogP contribution in [0.3, 0.4) is 0 Å². The van der Waals surface area contributed by atoms with Gasteiger partial charge >= 0.3 is 5.97 Å². The van der Waals surface area contributed by atoms with Crippen LogP contribution in [0.5, 0.6) is 0 Å². The third-order valence-electron chi connectivity index (χ3n) is 3.29. The van der Waals surface area contributed by atoms with Crippen molar-refractivity contribution in [2.45, 2.75) is 59.1 Å². The first kappa shape index (κ1) is 17.7. The third-order valence-corrected chi connectivity index (χ3v) is 3.29. The molecule has 0 radical (unpaired) electrons. The molecule has 118 valence electrons. The number of ether oxygens (including phenoxy) is 1. The highest BCUT2D eigenvalue weighted by molar-refractivity contribution is 5.72. The van der Waals surface area contributed by atoms with Crippen molar-refractivity contribution in [3.8, 4) is 0 Å². The van der Waals surface area contributed by atoms with Crippen LogP contribution in [0.4, 0.5) is 0 Å². The fraction of sp³-hybridized carbons (Fsp3) is 0.611. The Morgan fingerprint density at radius 2 is 1.81 bits per heavy atom. The van der Waals surface area contributed by atoms with Crippen LogP contribution in [0.15, 0.2) is 30.3 Å². The molecule has 0 saturated heterocycles. The van der Waals surface area contributed by atoms with E-state index in [1.54, 1.807) is 0 Å². The van der Waals surface area contributed by atoms with E-state index in [1.165, 1.54) is 5.56 Å². The average molecular weight is 291 g/mol. The number of rotatable bonds is 7. The predicted molar refractivity (Wildman–Crippen MR) is 87.2 cm³/mol. The topological polar surface area (TPSA) is 38.3 Å². The van der Waals surface area contributed by atoms with E-state index < -0.39 is 5.60 Å². The van der Waals surface area contributed by atoms with Crippen molar-refractivity contribution in [1.82, 2.24) is 5.32 Å². The molecule has 1 N–H and O–H groups in total. The van der Waals surface area contributed by atoms with Gasteiger partial charge < -0.3 is 10.1 Å². The molecule has 0 aliphatic heterocycles. The Kier molecular flexibility index (Phi) is 6.90. The van der Waals surface area contributed by atoms with Crippen molar-refractivity contribution in [3.05, 3.63) is 35.9 Å². The quantitative estimate of drug-likeness (QED) is 0.780. The zero-order chi connectivity index (χ0) is 15.9. The molecule has 3 heteroatoms. The highest BCUT2D eigenvalue weighted by Gasteiger charge is 2.21. The van der Waals surface area contributed by atoms with Gasteiger partial charge in [-0.3, -0.25) is 4.79 Å². The molecular weight excluding hydrogens is 262 g/mol. The normalized spacial score (nSPS) is 14.5. The Morgan fingerprint density at radius 1 is 1.19 bits per heavy atom. The van der Waals surface area contributed by atoms with Gasteiger partial charge in [-0.25, -0.2) is 0 Å². The van der Waals surface area contributed by atoms with Gasteiger partial charge in [0.25, 0.3) is 0 Å². The van der Waals surface area contributed by atoms with Crippen LogP contribution in [0, 0.1) is 5.92 Å². The minimum atomic E-state index is -0.412. The Hall–Kier alpha value is -1.35. The minimum absolute atomic E-state index is 0.122. The molecule has 1 aromatic rings. The van der Waals surface area contributed by atoms with E-state index in [-0.39, 0.29) is 11.9 Å². The van der Waals surface area contributed by atoms with Crippen LogP contribution in [0.2, 0.25) is 0 Å². The summed E-state index contributed by atoms with van der Waals surface area (Å²) in [6.45, 7) is 10.4. The molecule has 2 unspecified atom stereocenters. The number of hydrogen-bond acceptors (Lipinski definition) is 3. The van der Waals surface area contributed by atoms with Crippen LogP contribution in [-0.4, -0.2) is 24.2 Å². The lowest BCUT2D eigenvalue weighted by molar-refractivity contribution is -0.159. The number of hydrogen-bond donors (Lipinski definition) is 1. The second-order valence-electron chi connectivity index (χ2n) is 6.77. The maximum atomic E-state index is 11.9. The molecule has 0 heterocycles. The van der Waals surface area contributed by atoms with Crippen LogP contribution >= 0.6 is 0 Å². The van der Waals surface area contributed by atoms with Crippen molar-refractivity contribution in [1.29, 1.82) is 0 Å². The molecule has 2 atom stereocenters. The van der Waals surface area contributed by atoms with Crippen LogP contribution in [-0.2, 0) is 16.0 Å². The summed E-state index contributed by atoms with van der Waals surface area (Å²) in [7, 11) is 0. The van der Waals surface area contributed by atoms with Gasteiger partial charge in [0.15, 0.2) is 0 Å². The van der Waals surface area contributed by atoms with Crippen LogP contribution < -0.4 is 5.32 Å². The van der Waals surface area contributed by atoms with E-state index in [9.17, 15) is 4.79 Å². The number of esters is 1. The van der Waals surface area contributed by atoms with Crippen molar-refractivity contribution < 1.29 is 9.53 Å². The van der Waals surface area contributed by atoms with Gasteiger partial charge in [-0.1, -0.05) is 37.3 Å². The maximum absolute atomic E-state index is 11.9. The van der Waals surface area contributed by atoms with Crippen LogP contribution in [0.25, 0.3) is 0 Å². The summed E-state index contributed by atoms with van der Waals surface area (Å²) < 4.78 is 5.38. The number of benzene rings is 1. The van der Waals surface area contributed by atoms with E-state index >= 15 is 0 Å². The van der Waals surface area contributed by atoms with Gasteiger partial charge in [-0.05, 0) is 46.1 Å². The Balaban J connectivity index is 2.26. The second-order valence-corrected chi connectivity index (χ2v) is 6.77. The van der Waals surface area contributed by atoms with E-state index in [0.29, 0.717) is 12.6 Å². The van der Waals surface area contributed by atoms with Gasteiger partial charge in [0.05, 0.1) is 5.92 Å². The molecule has 0 fully saturated rings. The molecule has 21 heavy (non-hydrogen) atoms. The third kappa shape index (κ3) is 7.86. The van der Waals surface area contributed by atoms with E-state index in [1.807, 2.05) is 33.8 Å². The molecule has 0 aliphatic rings. The molecular formula is C18H29NO2. The molecule has 0 bridgehead atoms. The SMILES string of the molecule is CC(CCc1ccccc1)NCC(C)C(=O)OC(C)(C)C. The summed E-state index contributed by atoms with van der Waals surface area (Å²) in [4.78, 5) is 11.9. The van der Waals surface area contributed by atoms with Crippen LogP contribution in [0.1, 0.15) is 46.6 Å². The molecule has 3 nitrogen and oxygen atoms in total. The Morgan fingerprint density at radius 3 is 2.38 bits per heavy atom. The van der Waals surface area contributed by atoms with Gasteiger partial charge in [0.2, 0.25) is 0 Å². The minimum Gasteiger partial charge on any atom is -0.460 e. The lowest BCUT2D eigenvalue weighted by Gasteiger charge is -2.23. The molecule has 0 amide bonds. The zero-order valence-electron chi connectivity index (χ0n) is 14.0. The number of carbonyl (C=O) groups is 1. The molecule has 1 aromatic carbocycles. The maximum Gasteiger partial charge on any atom is 0.310 e. The van der Waals surface area contributed by atoms with Crippen molar-refractivity contribution >= 4 is 5.97 Å². The summed E-state index contributed by atoms with van der Waals surface area (Å²) in [6, 6.07) is 10.9. The Labute approximate surface area is 129 Å². The van der Waals surface area contributed by atoms with Gasteiger partial charge in [0.1, 0.15) is 5.60 Å². The fourth-order valence-corrected chi connectivity index (χ4v) is 1.99. The van der Waals surface area contributed by atoms with E-state index in [0.717, 1.165) is 12.8 Å². The fourth-order valence-electron chi connectivity index (χ4n) is 1.99. The van der Waals surface area contributed by atoms with Crippen molar-refractivity contribution in [3.63, 3.8) is 0 Å². The average Bonchev–Trinajstić information content (AvgIpc) is 2.41. The monoisotopic (exact) mass is 291 g/mol. The van der Waals surface area contributed by atoms with Crippen molar-refractivity contribution in [2.24, 2.45) is 5.92 Å². The first-order chi connectivity index (χ1) is 9.78. The molecule has 0 spiro atoms.